The SMILES string of the molecule is COc1cccc([C@]2(O)C(=O)N(c3ccccc3)C(=S)N2C(C)C)c1. The summed E-state index contributed by atoms with van der Waals surface area (Å²) in [6, 6.07) is 15.8. The first kappa shape index (κ1) is 17.4. The summed E-state index contributed by atoms with van der Waals surface area (Å²) < 4.78 is 5.24. The zero-order chi connectivity index (χ0) is 18.2. The number of para-hydroxylation sites is 1. The number of ether oxygens (including phenoxy) is 1. The maximum absolute atomic E-state index is 13.3. The molecular formula is C19H20N2O3S. The van der Waals surface area contributed by atoms with Crippen LogP contribution in [0.1, 0.15) is 19.4 Å². The summed E-state index contributed by atoms with van der Waals surface area (Å²) in [6.45, 7) is 3.78. The van der Waals surface area contributed by atoms with Gasteiger partial charge in [-0.3, -0.25) is 9.69 Å². The number of carbonyl (C=O) groups excluding carboxylic acids is 1. The summed E-state index contributed by atoms with van der Waals surface area (Å²) in [4.78, 5) is 16.2. The third-order valence-electron chi connectivity index (χ3n) is 4.25. The molecule has 130 valence electrons. The molecule has 0 aromatic heterocycles. The summed E-state index contributed by atoms with van der Waals surface area (Å²) in [5, 5.41) is 11.7. The van der Waals surface area contributed by atoms with Gasteiger partial charge in [-0.25, -0.2) is 0 Å². The molecule has 1 aliphatic rings. The normalized spacial score (nSPS) is 20.5. The van der Waals surface area contributed by atoms with Crippen LogP contribution in [-0.4, -0.2) is 34.2 Å². The van der Waals surface area contributed by atoms with Gasteiger partial charge in [-0.1, -0.05) is 30.3 Å². The number of aliphatic hydroxyl groups is 1. The first-order valence-corrected chi connectivity index (χ1v) is 8.42. The Morgan fingerprint density at radius 1 is 1.12 bits per heavy atom. The molecule has 1 saturated heterocycles. The van der Waals surface area contributed by atoms with Crippen LogP contribution in [0.15, 0.2) is 54.6 Å². The molecular weight excluding hydrogens is 336 g/mol. The van der Waals surface area contributed by atoms with E-state index in [1.165, 1.54) is 4.90 Å². The number of benzene rings is 2. The second-order valence-corrected chi connectivity index (χ2v) is 6.49. The van der Waals surface area contributed by atoms with Crippen molar-refractivity contribution in [1.82, 2.24) is 4.90 Å². The average molecular weight is 356 g/mol. The Morgan fingerprint density at radius 2 is 1.80 bits per heavy atom. The third-order valence-corrected chi connectivity index (χ3v) is 4.63. The average Bonchev–Trinajstić information content (AvgIpc) is 2.82. The van der Waals surface area contributed by atoms with Crippen LogP contribution in [0.5, 0.6) is 5.75 Å². The van der Waals surface area contributed by atoms with Crippen molar-refractivity contribution in [2.24, 2.45) is 0 Å². The Kier molecular flexibility index (Phi) is 4.49. The number of anilines is 1. The van der Waals surface area contributed by atoms with Gasteiger partial charge >= 0.3 is 0 Å². The zero-order valence-electron chi connectivity index (χ0n) is 14.3. The van der Waals surface area contributed by atoms with Crippen LogP contribution < -0.4 is 9.64 Å². The molecule has 1 amide bonds. The van der Waals surface area contributed by atoms with E-state index in [2.05, 4.69) is 0 Å². The highest BCUT2D eigenvalue weighted by Crippen LogP contribution is 2.40. The van der Waals surface area contributed by atoms with Crippen molar-refractivity contribution < 1.29 is 14.6 Å². The van der Waals surface area contributed by atoms with Crippen LogP contribution in [0.25, 0.3) is 0 Å². The van der Waals surface area contributed by atoms with Crippen LogP contribution in [0, 0.1) is 0 Å². The summed E-state index contributed by atoms with van der Waals surface area (Å²) in [5.74, 6) is 0.0668. The van der Waals surface area contributed by atoms with Crippen LogP contribution in [0.3, 0.4) is 0 Å². The smallest absolute Gasteiger partial charge is 0.291 e. The van der Waals surface area contributed by atoms with Crippen molar-refractivity contribution in [3.63, 3.8) is 0 Å². The number of thiocarbonyl (C=S) groups is 1. The maximum Gasteiger partial charge on any atom is 0.291 e. The van der Waals surface area contributed by atoms with Crippen LogP contribution in [0.4, 0.5) is 5.69 Å². The lowest BCUT2D eigenvalue weighted by atomic mass is 9.99. The summed E-state index contributed by atoms with van der Waals surface area (Å²) in [5.41, 5.74) is -0.830. The number of carbonyl (C=O) groups is 1. The molecule has 1 fully saturated rings. The van der Waals surface area contributed by atoms with Gasteiger partial charge in [0.15, 0.2) is 5.11 Å². The number of amides is 1. The van der Waals surface area contributed by atoms with Gasteiger partial charge in [-0.05, 0) is 50.3 Å². The molecule has 2 aromatic carbocycles. The fourth-order valence-corrected chi connectivity index (χ4v) is 3.62. The minimum absolute atomic E-state index is 0.179. The number of hydrogen-bond donors (Lipinski definition) is 1. The minimum atomic E-state index is -1.88. The summed E-state index contributed by atoms with van der Waals surface area (Å²) in [6.07, 6.45) is 0. The number of nitrogens with zero attached hydrogens (tertiary/aromatic N) is 2. The molecule has 1 heterocycles. The zero-order valence-corrected chi connectivity index (χ0v) is 15.2. The molecule has 1 atom stereocenters. The predicted molar refractivity (Wildman–Crippen MR) is 100 cm³/mol. The van der Waals surface area contributed by atoms with Gasteiger partial charge in [-0.2, -0.15) is 0 Å². The molecule has 25 heavy (non-hydrogen) atoms. The Balaban J connectivity index is 2.16. The van der Waals surface area contributed by atoms with Crippen LogP contribution in [0.2, 0.25) is 0 Å². The molecule has 0 spiro atoms. The molecule has 3 rings (SSSR count). The van der Waals surface area contributed by atoms with E-state index in [-0.39, 0.29) is 11.2 Å². The van der Waals surface area contributed by atoms with E-state index >= 15 is 0 Å². The van der Waals surface area contributed by atoms with Crippen molar-refractivity contribution in [2.45, 2.75) is 25.6 Å². The maximum atomic E-state index is 13.3. The van der Waals surface area contributed by atoms with E-state index < -0.39 is 11.6 Å². The summed E-state index contributed by atoms with van der Waals surface area (Å²) in [7, 11) is 1.54. The molecule has 5 nitrogen and oxygen atoms in total. The van der Waals surface area contributed by atoms with Crippen molar-refractivity contribution in [2.75, 3.05) is 12.0 Å². The Morgan fingerprint density at radius 3 is 2.40 bits per heavy atom. The Hall–Kier alpha value is -2.44. The van der Waals surface area contributed by atoms with Gasteiger partial charge in [0.05, 0.1) is 12.8 Å². The Labute approximate surface area is 152 Å². The molecule has 2 aromatic rings. The van der Waals surface area contributed by atoms with E-state index in [1.807, 2.05) is 32.0 Å². The predicted octanol–water partition coefficient (Wildman–Crippen LogP) is 2.88. The largest absolute Gasteiger partial charge is 0.497 e. The lowest BCUT2D eigenvalue weighted by molar-refractivity contribution is -0.150. The fourth-order valence-electron chi connectivity index (χ4n) is 3.09. The van der Waals surface area contributed by atoms with E-state index in [0.717, 1.165) is 0 Å². The standard InChI is InChI=1S/C19H20N2O3S/c1-13(2)21-18(25)20(15-9-5-4-6-10-15)17(22)19(21,23)14-8-7-11-16(12-14)24-3/h4-13,23H,1-3H3/t19-/m0/s1. The van der Waals surface area contributed by atoms with Crippen LogP contribution >= 0.6 is 12.2 Å². The molecule has 0 unspecified atom stereocenters. The first-order valence-electron chi connectivity index (χ1n) is 8.01. The van der Waals surface area contributed by atoms with Crippen molar-refractivity contribution in [1.29, 1.82) is 0 Å². The van der Waals surface area contributed by atoms with Gasteiger partial charge in [0.25, 0.3) is 5.91 Å². The number of methoxy groups -OCH3 is 1. The van der Waals surface area contributed by atoms with E-state index in [1.54, 1.807) is 48.4 Å². The Bertz CT molecular complexity index is 809. The lowest BCUT2D eigenvalue weighted by Gasteiger charge is -2.34. The minimum Gasteiger partial charge on any atom is -0.497 e. The molecule has 6 heteroatoms. The molecule has 1 aliphatic heterocycles. The van der Waals surface area contributed by atoms with Crippen LogP contribution in [-0.2, 0) is 10.5 Å². The van der Waals surface area contributed by atoms with Gasteiger partial charge in [0, 0.05) is 11.6 Å². The topological polar surface area (TPSA) is 53.0 Å². The monoisotopic (exact) mass is 356 g/mol. The van der Waals surface area contributed by atoms with Gasteiger partial charge in [0.1, 0.15) is 5.75 Å². The quantitative estimate of drug-likeness (QED) is 0.854. The molecule has 0 radical (unpaired) electrons. The van der Waals surface area contributed by atoms with Crippen molar-refractivity contribution in [3.05, 3.63) is 60.2 Å². The van der Waals surface area contributed by atoms with E-state index in [9.17, 15) is 9.90 Å². The van der Waals surface area contributed by atoms with E-state index in [0.29, 0.717) is 17.0 Å². The third kappa shape index (κ3) is 2.67. The fraction of sp³-hybridized carbons (Fsp3) is 0.263. The summed E-state index contributed by atoms with van der Waals surface area (Å²) >= 11 is 5.55. The second-order valence-electron chi connectivity index (χ2n) is 6.13. The number of hydrogen-bond acceptors (Lipinski definition) is 4. The highest BCUT2D eigenvalue weighted by atomic mass is 32.1. The molecule has 0 aliphatic carbocycles. The molecule has 1 N–H and O–H groups in total. The molecule has 0 bridgehead atoms. The van der Waals surface area contributed by atoms with E-state index in [4.69, 9.17) is 17.0 Å². The highest BCUT2D eigenvalue weighted by Gasteiger charge is 2.57. The molecule has 0 saturated carbocycles. The number of rotatable bonds is 4. The van der Waals surface area contributed by atoms with Crippen molar-refractivity contribution in [3.8, 4) is 5.75 Å². The van der Waals surface area contributed by atoms with Gasteiger partial charge < -0.3 is 14.7 Å². The second kappa shape index (κ2) is 6.46. The highest BCUT2D eigenvalue weighted by molar-refractivity contribution is 7.80. The van der Waals surface area contributed by atoms with Gasteiger partial charge in [-0.15, -0.1) is 0 Å². The van der Waals surface area contributed by atoms with Gasteiger partial charge in [0.2, 0.25) is 5.72 Å². The van der Waals surface area contributed by atoms with Crippen molar-refractivity contribution >= 4 is 28.9 Å². The first-order chi connectivity index (χ1) is 11.9. The lowest BCUT2D eigenvalue weighted by Crippen LogP contribution is -2.50.